The number of thiol groups is 1. The molecular formula is C10H22N2S. The number of hydrogen-bond donors (Lipinski definition) is 2. The molecule has 1 rings (SSSR count). The SMILES string of the molecule is CC(C)CN(C)CC1NCCC1S. The lowest BCUT2D eigenvalue weighted by molar-refractivity contribution is 0.271. The standard InChI is InChI=1S/C10H22N2S/c1-8(2)6-12(3)7-9-10(13)4-5-11-9/h8-11,13H,4-7H2,1-3H3. The number of nitrogens with one attached hydrogen (secondary N) is 1. The van der Waals surface area contributed by atoms with Crippen molar-refractivity contribution in [2.24, 2.45) is 5.92 Å². The van der Waals surface area contributed by atoms with Crippen LogP contribution in [0.1, 0.15) is 20.3 Å². The summed E-state index contributed by atoms with van der Waals surface area (Å²) in [7, 11) is 2.19. The Hall–Kier alpha value is 0.270. The van der Waals surface area contributed by atoms with Crippen molar-refractivity contribution in [3.63, 3.8) is 0 Å². The molecule has 0 radical (unpaired) electrons. The fourth-order valence-electron chi connectivity index (χ4n) is 1.97. The van der Waals surface area contributed by atoms with Crippen LogP contribution in [-0.4, -0.2) is 42.9 Å². The molecule has 1 fully saturated rings. The molecule has 1 saturated heterocycles. The summed E-state index contributed by atoms with van der Waals surface area (Å²) in [5.41, 5.74) is 0. The molecular weight excluding hydrogens is 180 g/mol. The van der Waals surface area contributed by atoms with Gasteiger partial charge in [-0.15, -0.1) is 0 Å². The molecule has 1 aliphatic heterocycles. The Kier molecular flexibility index (Phi) is 4.56. The van der Waals surface area contributed by atoms with Crippen molar-refractivity contribution in [2.45, 2.75) is 31.6 Å². The quantitative estimate of drug-likeness (QED) is 0.667. The van der Waals surface area contributed by atoms with Crippen molar-refractivity contribution < 1.29 is 0 Å². The lowest BCUT2D eigenvalue weighted by atomic mass is 10.1. The van der Waals surface area contributed by atoms with Gasteiger partial charge in [0.25, 0.3) is 0 Å². The number of rotatable bonds is 4. The van der Waals surface area contributed by atoms with E-state index in [1.807, 2.05) is 0 Å². The van der Waals surface area contributed by atoms with E-state index < -0.39 is 0 Å². The molecule has 3 heteroatoms. The number of nitrogens with zero attached hydrogens (tertiary/aromatic N) is 1. The molecule has 0 bridgehead atoms. The predicted octanol–water partition coefficient (Wildman–Crippen LogP) is 1.23. The first-order chi connectivity index (χ1) is 6.09. The van der Waals surface area contributed by atoms with Crippen molar-refractivity contribution in [2.75, 3.05) is 26.7 Å². The van der Waals surface area contributed by atoms with Gasteiger partial charge in [-0.3, -0.25) is 0 Å². The van der Waals surface area contributed by atoms with Crippen LogP contribution in [0.5, 0.6) is 0 Å². The first-order valence-corrected chi connectivity index (χ1v) is 5.71. The van der Waals surface area contributed by atoms with Crippen LogP contribution in [0.25, 0.3) is 0 Å². The zero-order valence-electron chi connectivity index (χ0n) is 8.95. The van der Waals surface area contributed by atoms with Gasteiger partial charge in [0.15, 0.2) is 0 Å². The first kappa shape index (κ1) is 11.3. The molecule has 2 nitrogen and oxygen atoms in total. The van der Waals surface area contributed by atoms with Crippen molar-refractivity contribution >= 4 is 12.6 Å². The van der Waals surface area contributed by atoms with Gasteiger partial charge in [0.1, 0.15) is 0 Å². The van der Waals surface area contributed by atoms with Gasteiger partial charge in [0, 0.05) is 24.4 Å². The largest absolute Gasteiger partial charge is 0.312 e. The fourth-order valence-corrected chi connectivity index (χ4v) is 2.30. The van der Waals surface area contributed by atoms with Gasteiger partial charge < -0.3 is 10.2 Å². The van der Waals surface area contributed by atoms with E-state index in [0.717, 1.165) is 19.0 Å². The maximum Gasteiger partial charge on any atom is 0.0311 e. The van der Waals surface area contributed by atoms with Gasteiger partial charge in [0.05, 0.1) is 0 Å². The zero-order chi connectivity index (χ0) is 9.84. The average Bonchev–Trinajstić information content (AvgIpc) is 2.34. The van der Waals surface area contributed by atoms with Crippen molar-refractivity contribution in [1.29, 1.82) is 0 Å². The second kappa shape index (κ2) is 5.23. The summed E-state index contributed by atoms with van der Waals surface area (Å²) in [4.78, 5) is 2.40. The topological polar surface area (TPSA) is 15.3 Å². The van der Waals surface area contributed by atoms with Crippen molar-refractivity contribution in [1.82, 2.24) is 10.2 Å². The maximum absolute atomic E-state index is 4.56. The van der Waals surface area contributed by atoms with Gasteiger partial charge in [-0.1, -0.05) is 13.8 Å². The normalized spacial score (nSPS) is 29.1. The Balaban J connectivity index is 2.22. The van der Waals surface area contributed by atoms with E-state index >= 15 is 0 Å². The van der Waals surface area contributed by atoms with Crippen molar-refractivity contribution in [3.05, 3.63) is 0 Å². The Morgan fingerprint density at radius 3 is 2.69 bits per heavy atom. The van der Waals surface area contributed by atoms with E-state index in [2.05, 4.69) is 43.7 Å². The Morgan fingerprint density at radius 2 is 2.23 bits per heavy atom. The lowest BCUT2D eigenvalue weighted by Crippen LogP contribution is -2.40. The highest BCUT2D eigenvalue weighted by Crippen LogP contribution is 2.14. The molecule has 0 spiro atoms. The Labute approximate surface area is 87.5 Å². The Bertz CT molecular complexity index is 150. The van der Waals surface area contributed by atoms with E-state index in [0.29, 0.717) is 11.3 Å². The molecule has 0 aliphatic carbocycles. The molecule has 0 amide bonds. The summed E-state index contributed by atoms with van der Waals surface area (Å²) in [6, 6.07) is 0.590. The van der Waals surface area contributed by atoms with E-state index in [1.54, 1.807) is 0 Å². The molecule has 0 aromatic carbocycles. The fraction of sp³-hybridized carbons (Fsp3) is 1.00. The highest BCUT2D eigenvalue weighted by molar-refractivity contribution is 7.81. The molecule has 0 aromatic heterocycles. The minimum atomic E-state index is 0.551. The second-order valence-corrected chi connectivity index (χ2v) is 5.19. The monoisotopic (exact) mass is 202 g/mol. The van der Waals surface area contributed by atoms with Crippen LogP contribution in [0.2, 0.25) is 0 Å². The smallest absolute Gasteiger partial charge is 0.0311 e. The summed E-state index contributed by atoms with van der Waals surface area (Å²) in [5, 5.41) is 4.04. The van der Waals surface area contributed by atoms with Gasteiger partial charge in [0.2, 0.25) is 0 Å². The maximum atomic E-state index is 4.56. The third kappa shape index (κ3) is 3.88. The van der Waals surface area contributed by atoms with Gasteiger partial charge >= 0.3 is 0 Å². The van der Waals surface area contributed by atoms with Crippen LogP contribution in [0.15, 0.2) is 0 Å². The second-order valence-electron chi connectivity index (χ2n) is 4.53. The van der Waals surface area contributed by atoms with E-state index in [1.165, 1.54) is 13.0 Å². The summed E-state index contributed by atoms with van der Waals surface area (Å²) in [6.45, 7) is 7.97. The summed E-state index contributed by atoms with van der Waals surface area (Å²) in [5.74, 6) is 0.754. The average molecular weight is 202 g/mol. The van der Waals surface area contributed by atoms with Crippen LogP contribution in [0, 0.1) is 5.92 Å². The molecule has 0 aromatic rings. The molecule has 0 saturated carbocycles. The van der Waals surface area contributed by atoms with Crippen LogP contribution in [0.3, 0.4) is 0 Å². The van der Waals surface area contributed by atoms with E-state index in [-0.39, 0.29) is 0 Å². The van der Waals surface area contributed by atoms with Crippen LogP contribution in [-0.2, 0) is 0 Å². The van der Waals surface area contributed by atoms with Gasteiger partial charge in [-0.2, -0.15) is 12.6 Å². The van der Waals surface area contributed by atoms with Crippen LogP contribution in [0.4, 0.5) is 0 Å². The van der Waals surface area contributed by atoms with Gasteiger partial charge in [-0.05, 0) is 25.9 Å². The predicted molar refractivity (Wildman–Crippen MR) is 61.5 cm³/mol. The molecule has 1 heterocycles. The molecule has 2 unspecified atom stereocenters. The van der Waals surface area contributed by atoms with Crippen molar-refractivity contribution in [3.8, 4) is 0 Å². The summed E-state index contributed by atoms with van der Waals surface area (Å²) < 4.78 is 0. The minimum Gasteiger partial charge on any atom is -0.312 e. The minimum absolute atomic E-state index is 0.551. The van der Waals surface area contributed by atoms with E-state index in [9.17, 15) is 0 Å². The van der Waals surface area contributed by atoms with Crippen LogP contribution >= 0.6 is 12.6 Å². The summed E-state index contributed by atoms with van der Waals surface area (Å²) >= 11 is 4.56. The third-order valence-corrected chi connectivity index (χ3v) is 3.11. The first-order valence-electron chi connectivity index (χ1n) is 5.19. The Morgan fingerprint density at radius 1 is 1.54 bits per heavy atom. The van der Waals surface area contributed by atoms with Crippen LogP contribution < -0.4 is 5.32 Å². The molecule has 1 aliphatic rings. The molecule has 13 heavy (non-hydrogen) atoms. The van der Waals surface area contributed by atoms with Gasteiger partial charge in [-0.25, -0.2) is 0 Å². The molecule has 2 atom stereocenters. The lowest BCUT2D eigenvalue weighted by Gasteiger charge is -2.24. The number of likely N-dealkylation sites (N-methyl/N-ethyl adjacent to an activating group) is 1. The summed E-state index contributed by atoms with van der Waals surface area (Å²) in [6.07, 6.45) is 1.21. The highest BCUT2D eigenvalue weighted by Gasteiger charge is 2.24. The third-order valence-electron chi connectivity index (χ3n) is 2.50. The molecule has 78 valence electrons. The molecule has 1 N–H and O–H groups in total. The van der Waals surface area contributed by atoms with E-state index in [4.69, 9.17) is 0 Å². The zero-order valence-corrected chi connectivity index (χ0v) is 9.85. The number of hydrogen-bond acceptors (Lipinski definition) is 3. The highest BCUT2D eigenvalue weighted by atomic mass is 32.1.